The summed E-state index contributed by atoms with van der Waals surface area (Å²) in [5.41, 5.74) is -0.326. The first-order valence-corrected chi connectivity index (χ1v) is 8.12. The SMILES string of the molecule is Cc1cccc(F)c1NS(=O)(=O)c1cc([N+](=O)[O-])c(Cl)s1. The van der Waals surface area contributed by atoms with Gasteiger partial charge in [0.1, 0.15) is 10.0 Å². The maximum atomic E-state index is 13.7. The standard InChI is InChI=1S/C11H8ClFN2O4S2/c1-6-3-2-4-7(13)10(6)14-21(18,19)9-5-8(15(16)17)11(12)20-9/h2-5,14H,1H3. The van der Waals surface area contributed by atoms with Crippen LogP contribution in [0, 0.1) is 22.9 Å². The second kappa shape index (κ2) is 5.58. The summed E-state index contributed by atoms with van der Waals surface area (Å²) in [5.74, 6) is -0.740. The lowest BCUT2D eigenvalue weighted by atomic mass is 10.2. The van der Waals surface area contributed by atoms with Crippen molar-refractivity contribution in [1.82, 2.24) is 0 Å². The molecule has 0 spiro atoms. The molecule has 0 atom stereocenters. The van der Waals surface area contributed by atoms with Gasteiger partial charge in [-0.2, -0.15) is 0 Å². The van der Waals surface area contributed by atoms with E-state index < -0.39 is 26.5 Å². The van der Waals surface area contributed by atoms with E-state index in [0.29, 0.717) is 16.9 Å². The molecular formula is C11H8ClFN2O4S2. The van der Waals surface area contributed by atoms with E-state index >= 15 is 0 Å². The fourth-order valence-electron chi connectivity index (χ4n) is 1.54. The third-order valence-electron chi connectivity index (χ3n) is 2.57. The first-order chi connectivity index (χ1) is 9.72. The summed E-state index contributed by atoms with van der Waals surface area (Å²) in [4.78, 5) is 9.90. The maximum Gasteiger partial charge on any atom is 0.300 e. The molecule has 0 saturated carbocycles. The Balaban J connectivity index is 2.44. The number of aryl methyl sites for hydroxylation is 1. The molecule has 1 N–H and O–H groups in total. The van der Waals surface area contributed by atoms with Crippen molar-refractivity contribution in [3.8, 4) is 0 Å². The molecule has 1 heterocycles. The van der Waals surface area contributed by atoms with Gasteiger partial charge in [0.15, 0.2) is 4.34 Å². The van der Waals surface area contributed by atoms with Crippen LogP contribution in [0.5, 0.6) is 0 Å². The average molecular weight is 351 g/mol. The summed E-state index contributed by atoms with van der Waals surface area (Å²) in [6.07, 6.45) is 0. The number of anilines is 1. The molecule has 0 aliphatic rings. The molecule has 0 radical (unpaired) electrons. The summed E-state index contributed by atoms with van der Waals surface area (Å²) >= 11 is 6.15. The van der Waals surface area contributed by atoms with Crippen LogP contribution in [0.2, 0.25) is 4.34 Å². The summed E-state index contributed by atoms with van der Waals surface area (Å²) < 4.78 is 39.4. The van der Waals surface area contributed by atoms with Gasteiger partial charge in [0.2, 0.25) is 0 Å². The van der Waals surface area contributed by atoms with Crippen LogP contribution in [0.4, 0.5) is 15.8 Å². The number of nitrogens with one attached hydrogen (secondary N) is 1. The van der Waals surface area contributed by atoms with Gasteiger partial charge in [0, 0.05) is 6.07 Å². The fourth-order valence-corrected chi connectivity index (χ4v) is 4.34. The number of rotatable bonds is 4. The number of para-hydroxylation sites is 1. The Bertz CT molecular complexity index is 799. The third kappa shape index (κ3) is 3.14. The van der Waals surface area contributed by atoms with Gasteiger partial charge in [0.05, 0.1) is 10.6 Å². The number of sulfonamides is 1. The summed E-state index contributed by atoms with van der Waals surface area (Å²) in [7, 11) is -4.15. The van der Waals surface area contributed by atoms with E-state index in [9.17, 15) is 22.9 Å². The average Bonchev–Trinajstić information content (AvgIpc) is 2.77. The van der Waals surface area contributed by atoms with Crippen LogP contribution in [0.15, 0.2) is 28.5 Å². The van der Waals surface area contributed by atoms with Gasteiger partial charge in [-0.05, 0) is 18.6 Å². The lowest BCUT2D eigenvalue weighted by Crippen LogP contribution is -2.13. The first-order valence-electron chi connectivity index (χ1n) is 5.44. The predicted octanol–water partition coefficient (Wildman–Crippen LogP) is 3.56. The quantitative estimate of drug-likeness (QED) is 0.674. The predicted molar refractivity (Wildman–Crippen MR) is 77.9 cm³/mol. The lowest BCUT2D eigenvalue weighted by molar-refractivity contribution is -0.384. The van der Waals surface area contributed by atoms with Crippen LogP contribution in [0.25, 0.3) is 0 Å². The molecule has 21 heavy (non-hydrogen) atoms. The number of halogens is 2. The van der Waals surface area contributed by atoms with Gasteiger partial charge in [0.25, 0.3) is 15.7 Å². The largest absolute Gasteiger partial charge is 0.300 e. The van der Waals surface area contributed by atoms with Crippen LogP contribution in [0.1, 0.15) is 5.56 Å². The van der Waals surface area contributed by atoms with Crippen molar-refractivity contribution in [2.24, 2.45) is 0 Å². The smallest absolute Gasteiger partial charge is 0.276 e. The number of benzene rings is 1. The molecule has 0 fully saturated rings. The van der Waals surface area contributed by atoms with Gasteiger partial charge in [-0.1, -0.05) is 23.7 Å². The van der Waals surface area contributed by atoms with Crippen molar-refractivity contribution in [3.63, 3.8) is 0 Å². The fraction of sp³-hybridized carbons (Fsp3) is 0.0909. The van der Waals surface area contributed by atoms with Gasteiger partial charge in [-0.3, -0.25) is 14.8 Å². The Kier molecular flexibility index (Phi) is 4.17. The zero-order valence-corrected chi connectivity index (χ0v) is 12.9. The monoisotopic (exact) mass is 350 g/mol. The Labute approximate surface area is 128 Å². The van der Waals surface area contributed by atoms with Crippen LogP contribution in [-0.4, -0.2) is 13.3 Å². The second-order valence-electron chi connectivity index (χ2n) is 4.02. The molecular weight excluding hydrogens is 343 g/mol. The topological polar surface area (TPSA) is 89.3 Å². The highest BCUT2D eigenvalue weighted by atomic mass is 35.5. The van der Waals surface area contributed by atoms with Crippen LogP contribution in [-0.2, 0) is 10.0 Å². The molecule has 10 heteroatoms. The van der Waals surface area contributed by atoms with Crippen molar-refractivity contribution < 1.29 is 17.7 Å². The minimum absolute atomic E-state index is 0.204. The van der Waals surface area contributed by atoms with Crippen molar-refractivity contribution in [2.45, 2.75) is 11.1 Å². The van der Waals surface area contributed by atoms with Gasteiger partial charge >= 0.3 is 0 Å². The molecule has 1 aromatic heterocycles. The Morgan fingerprint density at radius 1 is 1.43 bits per heavy atom. The zero-order valence-electron chi connectivity index (χ0n) is 10.5. The second-order valence-corrected chi connectivity index (χ2v) is 7.58. The molecule has 2 rings (SSSR count). The molecule has 0 aliphatic heterocycles. The lowest BCUT2D eigenvalue weighted by Gasteiger charge is -2.09. The number of nitro groups is 1. The molecule has 1 aromatic carbocycles. The minimum atomic E-state index is -4.15. The van der Waals surface area contributed by atoms with E-state index in [1.165, 1.54) is 19.1 Å². The highest BCUT2D eigenvalue weighted by molar-refractivity contribution is 7.94. The van der Waals surface area contributed by atoms with E-state index in [1.807, 2.05) is 0 Å². The van der Waals surface area contributed by atoms with Crippen molar-refractivity contribution in [2.75, 3.05) is 4.72 Å². The summed E-state index contributed by atoms with van der Waals surface area (Å²) in [6, 6.07) is 4.92. The van der Waals surface area contributed by atoms with Crippen LogP contribution in [0.3, 0.4) is 0 Å². The number of nitrogens with zero attached hydrogens (tertiary/aromatic N) is 1. The van der Waals surface area contributed by atoms with E-state index in [4.69, 9.17) is 11.6 Å². The molecule has 0 aliphatic carbocycles. The zero-order chi connectivity index (χ0) is 15.8. The Morgan fingerprint density at radius 2 is 2.10 bits per heavy atom. The molecule has 6 nitrogen and oxygen atoms in total. The van der Waals surface area contributed by atoms with Gasteiger partial charge < -0.3 is 0 Å². The van der Waals surface area contributed by atoms with E-state index in [1.54, 1.807) is 0 Å². The van der Waals surface area contributed by atoms with Crippen molar-refractivity contribution in [1.29, 1.82) is 0 Å². The van der Waals surface area contributed by atoms with E-state index in [-0.39, 0.29) is 14.2 Å². The molecule has 2 aromatic rings. The third-order valence-corrected chi connectivity index (χ3v) is 5.73. The molecule has 0 saturated heterocycles. The van der Waals surface area contributed by atoms with Crippen LogP contribution < -0.4 is 4.72 Å². The van der Waals surface area contributed by atoms with Gasteiger partial charge in [-0.25, -0.2) is 12.8 Å². The number of thiophene rings is 1. The normalized spacial score (nSPS) is 11.4. The van der Waals surface area contributed by atoms with Gasteiger partial charge in [-0.15, -0.1) is 11.3 Å². The molecule has 0 unspecified atom stereocenters. The molecule has 0 bridgehead atoms. The Morgan fingerprint density at radius 3 is 2.62 bits per heavy atom. The van der Waals surface area contributed by atoms with E-state index in [0.717, 1.165) is 12.1 Å². The van der Waals surface area contributed by atoms with Crippen molar-refractivity contribution in [3.05, 3.63) is 50.1 Å². The first kappa shape index (κ1) is 15.7. The Hall–Kier alpha value is -1.71. The highest BCUT2D eigenvalue weighted by Crippen LogP contribution is 2.37. The minimum Gasteiger partial charge on any atom is -0.276 e. The number of hydrogen-bond acceptors (Lipinski definition) is 5. The summed E-state index contributed by atoms with van der Waals surface area (Å²) in [5, 5.41) is 10.7. The van der Waals surface area contributed by atoms with Crippen LogP contribution >= 0.6 is 22.9 Å². The summed E-state index contributed by atoms with van der Waals surface area (Å²) in [6.45, 7) is 1.53. The van der Waals surface area contributed by atoms with Crippen molar-refractivity contribution >= 4 is 44.3 Å². The molecule has 0 amide bonds. The maximum absolute atomic E-state index is 13.7. The molecule has 112 valence electrons. The number of hydrogen-bond donors (Lipinski definition) is 1. The highest BCUT2D eigenvalue weighted by Gasteiger charge is 2.26. The van der Waals surface area contributed by atoms with E-state index in [2.05, 4.69) is 4.72 Å².